The van der Waals surface area contributed by atoms with Gasteiger partial charge in [-0.15, -0.1) is 6.58 Å². The summed E-state index contributed by atoms with van der Waals surface area (Å²) in [5.74, 6) is 4.49. The van der Waals surface area contributed by atoms with E-state index in [1.165, 1.54) is 50.6 Å². The third-order valence-corrected chi connectivity index (χ3v) is 20.3. The maximum atomic E-state index is 12.0. The van der Waals surface area contributed by atoms with Gasteiger partial charge in [-0.05, 0) is 68.1 Å². The topological polar surface area (TPSA) is 317 Å². The zero-order valence-corrected chi connectivity index (χ0v) is 56.2. The molecule has 15 rings (SSSR count). The van der Waals surface area contributed by atoms with E-state index in [2.05, 4.69) is 206 Å². The minimum Gasteiger partial charge on any atom is -0.724 e. The van der Waals surface area contributed by atoms with Gasteiger partial charge in [-0.2, -0.15) is 34.3 Å². The summed E-state index contributed by atoms with van der Waals surface area (Å²) < 4.78 is 54.7. The first-order valence-electron chi connectivity index (χ1n) is 29.8. The fourth-order valence-corrected chi connectivity index (χ4v) is 15.8. The molecule has 4 aromatic heterocycles. The summed E-state index contributed by atoms with van der Waals surface area (Å²) in [4.78, 5) is 65.7. The van der Waals surface area contributed by atoms with Gasteiger partial charge < -0.3 is 47.6 Å². The van der Waals surface area contributed by atoms with Crippen LogP contribution in [-0.4, -0.2) is 203 Å². The van der Waals surface area contributed by atoms with Crippen molar-refractivity contribution in [3.63, 3.8) is 0 Å². The molecule has 6 bridgehead atoms. The minimum absolute atomic E-state index is 0. The molecule has 486 valence electrons. The molecule has 4 aromatic carbocycles. The van der Waals surface area contributed by atoms with Crippen LogP contribution in [0.3, 0.4) is 0 Å². The van der Waals surface area contributed by atoms with Crippen LogP contribution in [0.5, 0.6) is 0 Å². The fourth-order valence-electron chi connectivity index (χ4n) is 11.7. The van der Waals surface area contributed by atoms with Crippen LogP contribution in [0.2, 0.25) is 0 Å². The van der Waals surface area contributed by atoms with E-state index in [-0.39, 0.29) is 66.8 Å². The molecule has 4 unspecified atom stereocenters. The van der Waals surface area contributed by atoms with Crippen LogP contribution in [0.1, 0.15) is 35.8 Å². The number of allylic oxidation sites excluding steroid dienone is 1. The predicted octanol–water partition coefficient (Wildman–Crippen LogP) is 2.93. The maximum Gasteiger partial charge on any atom is 1.00 e. The second kappa shape index (κ2) is 31.9. The first-order valence-corrected chi connectivity index (χ1v) is 33.0. The average Bonchev–Trinajstić information content (AvgIpc) is 1.72. The number of urea groups is 3. The van der Waals surface area contributed by atoms with E-state index in [0.717, 1.165) is 49.3 Å². The maximum absolute atomic E-state index is 12.0. The molecule has 95 heavy (non-hydrogen) atoms. The molecule has 6 amide bonds. The van der Waals surface area contributed by atoms with Gasteiger partial charge in [-0.25, -0.2) is 22.8 Å². The molecule has 3 saturated heterocycles. The van der Waals surface area contributed by atoms with E-state index in [0.29, 0.717) is 66.2 Å². The number of hydroxylamine groups is 4. The summed E-state index contributed by atoms with van der Waals surface area (Å²) in [6.45, 7) is 11.6. The van der Waals surface area contributed by atoms with Crippen molar-refractivity contribution in [1.82, 2.24) is 80.5 Å². The predicted molar refractivity (Wildman–Crippen MR) is 344 cm³/mol. The van der Waals surface area contributed by atoms with Crippen LogP contribution in [0.4, 0.5) is 14.4 Å². The number of nitrogens with zero attached hydrogens (tertiary/aromatic N) is 15. The second-order valence-corrected chi connectivity index (χ2v) is 26.3. The van der Waals surface area contributed by atoms with E-state index in [9.17, 15) is 27.4 Å². The minimum atomic E-state index is -5.00. The van der Waals surface area contributed by atoms with E-state index in [1.807, 2.05) is 32.3 Å². The molecule has 0 aliphatic carbocycles. The summed E-state index contributed by atoms with van der Waals surface area (Å²) in [5.41, 5.74) is 4.85. The molecule has 0 spiro atoms. The third kappa shape index (κ3) is 16.5. The summed E-state index contributed by atoms with van der Waals surface area (Å²) in [6, 6.07) is 42.0. The molecule has 28 nitrogen and oxygen atoms in total. The van der Waals surface area contributed by atoms with Crippen LogP contribution in [-0.2, 0) is 26.1 Å². The van der Waals surface area contributed by atoms with Crippen molar-refractivity contribution in [3.05, 3.63) is 225 Å². The van der Waals surface area contributed by atoms with Crippen molar-refractivity contribution >= 4 is 74.0 Å². The number of carbonyl (C=O) groups excluding carboxylic acids is 3. The molecule has 7 aliphatic heterocycles. The number of aromatic nitrogens is 8. The van der Waals surface area contributed by atoms with Gasteiger partial charge in [0, 0.05) is 74.7 Å². The molecule has 31 heteroatoms. The monoisotopic (exact) mass is 1340 g/mol. The van der Waals surface area contributed by atoms with Crippen LogP contribution in [0, 0.1) is 0 Å². The van der Waals surface area contributed by atoms with Crippen molar-refractivity contribution in [2.75, 3.05) is 73.1 Å². The Bertz CT molecular complexity index is 4010. The Balaban J connectivity index is 0.000000130. The zero-order valence-electron chi connectivity index (χ0n) is 52.4. The number of amides is 6. The molecule has 8 aromatic rings. The Morgan fingerprint density at radius 3 is 1.38 bits per heavy atom. The summed E-state index contributed by atoms with van der Waals surface area (Å²) in [5, 5.41) is 24.5. The van der Waals surface area contributed by atoms with Gasteiger partial charge in [-0.3, -0.25) is 9.74 Å². The first kappa shape index (κ1) is 68.7. The van der Waals surface area contributed by atoms with Gasteiger partial charge in [-0.1, -0.05) is 130 Å². The number of hydrogen-bond donors (Lipinski definition) is 1. The van der Waals surface area contributed by atoms with E-state index in [4.69, 9.17) is 18.4 Å². The van der Waals surface area contributed by atoms with Crippen molar-refractivity contribution in [2.45, 2.75) is 37.6 Å². The molecular weight excluding hydrogens is 1270 g/mol. The van der Waals surface area contributed by atoms with Gasteiger partial charge in [0.15, 0.2) is 23.3 Å². The summed E-state index contributed by atoms with van der Waals surface area (Å²) in [6.07, 6.45) is 16.6. The van der Waals surface area contributed by atoms with Gasteiger partial charge in [0.1, 0.15) is 23.2 Å². The van der Waals surface area contributed by atoms with Gasteiger partial charge in [0.05, 0.1) is 50.2 Å². The van der Waals surface area contributed by atoms with Crippen molar-refractivity contribution in [2.24, 2.45) is 0 Å². The molecule has 11 heterocycles. The van der Waals surface area contributed by atoms with Crippen LogP contribution in [0.25, 0.3) is 22.3 Å². The Hall–Kier alpha value is -9.13. The molecular formula is C64H67N16NaO12PS+. The van der Waals surface area contributed by atoms with Crippen LogP contribution in [0.15, 0.2) is 214 Å². The number of carbonyl (C=O) groups is 3. The molecule has 3 fully saturated rings. The summed E-state index contributed by atoms with van der Waals surface area (Å²) >= 11 is 0. The molecule has 0 saturated carbocycles. The number of fused-ring (bicyclic) bond motifs is 6. The Labute approximate surface area is 570 Å². The molecule has 1 N–H and O–H groups in total. The zero-order chi connectivity index (χ0) is 65.6. The SMILES string of the molecule is C/C=C/[P+](c1ccccc1)(c1ccccc1)c1ccccc1.C=CCON1C(=O)N2CC(c3ncon3)=CC1C2.CN1C(=O)N2CC(c3ncon3)=CC1C2.CNC1C=C(c2ncon2)CN(Cc2ccccc2)C1.O=C1N2CC(c3ncon3)=CC(C2)N1OS(=O)(=O)[O-].[Na+]. The van der Waals surface area contributed by atoms with Gasteiger partial charge in [0.25, 0.3) is 0 Å². The third-order valence-electron chi connectivity index (χ3n) is 15.9. The first-order chi connectivity index (χ1) is 45.7. The van der Waals surface area contributed by atoms with Gasteiger partial charge >= 0.3 is 47.7 Å². The Kier molecular flexibility index (Phi) is 23.1. The number of likely N-dealkylation sites (N-methyl/N-ethyl adjacent to an activating group) is 2. The van der Waals surface area contributed by atoms with Crippen molar-refractivity contribution in [1.29, 1.82) is 0 Å². The van der Waals surface area contributed by atoms with Gasteiger partial charge in [0.2, 0.25) is 36.0 Å². The van der Waals surface area contributed by atoms with E-state index in [1.54, 1.807) is 26.9 Å². The fraction of sp³-hybridized carbons (Fsp3) is 0.266. The normalized spacial score (nSPS) is 19.6. The molecule has 4 atom stereocenters. The number of benzene rings is 4. The Morgan fingerprint density at radius 1 is 0.579 bits per heavy atom. The Morgan fingerprint density at radius 2 is 0.979 bits per heavy atom. The summed E-state index contributed by atoms with van der Waals surface area (Å²) in [7, 11) is -2.95. The number of nitrogens with one attached hydrogen (secondary N) is 1. The van der Waals surface area contributed by atoms with E-state index < -0.39 is 29.7 Å². The van der Waals surface area contributed by atoms with Crippen LogP contribution >= 0.6 is 7.26 Å². The second-order valence-electron chi connectivity index (χ2n) is 22.1. The van der Waals surface area contributed by atoms with E-state index >= 15 is 0 Å². The van der Waals surface area contributed by atoms with Crippen molar-refractivity contribution < 1.29 is 84.1 Å². The largest absolute Gasteiger partial charge is 1.00 e. The van der Waals surface area contributed by atoms with Crippen LogP contribution < -0.4 is 50.8 Å². The number of hydrogen-bond acceptors (Lipinski definition) is 22. The smallest absolute Gasteiger partial charge is 0.724 e. The standard InChI is InChI=1S/C21H20P.C15H18N4O.C11H12N4O3.C9H10N4O2.C8H8N4O6S.Na/c1-2-18-22(19-12-6-3-7-13-19,20-14-8-4-9-15-20)21-16-10-5-11-17-21;1-16-14-7-13(15-17-11-20-18-15)9-19(10-14)8-12-5-3-2-4-6-12;1-2-3-18-15-9-4-8(10-12-7-17-13-10)5-14(6-9)11(15)16;1-12-7-2-6(8-10-5-15-11-8)3-13(4-7)9(12)14;13-8-11-2-5(7-9-4-17-10-7)1-6(3-11)12(8)18-19(14,15)16;/h2-18H,1H3;2-7,11,14,16H,8-10H2,1H3;2,4,7,9H,1,3,5-6H2;2,5,7H,3-4H2,1H3;1,4,6H,2-3H2,(H,14,15,16);/q+1;;;;;+1/p-1/b18-2+;;;;;. The average molecular weight is 1340 g/mol. The quantitative estimate of drug-likeness (QED) is 0.0478. The number of rotatable bonds is 16. The van der Waals surface area contributed by atoms with Crippen molar-refractivity contribution in [3.8, 4) is 0 Å². The molecule has 0 radical (unpaired) electrons. The molecule has 7 aliphatic rings.